The number of amides is 2. The fraction of sp³-hybridized carbons (Fsp3) is 0.143. The molecule has 0 bridgehead atoms. The van der Waals surface area contributed by atoms with Gasteiger partial charge < -0.3 is 14.2 Å². The lowest BCUT2D eigenvalue weighted by Crippen LogP contribution is -2.20. The van der Waals surface area contributed by atoms with E-state index >= 15 is 0 Å². The minimum Gasteiger partial charge on any atom is -0.496 e. The van der Waals surface area contributed by atoms with E-state index < -0.39 is 5.91 Å². The molecule has 1 N–H and O–H groups in total. The summed E-state index contributed by atoms with van der Waals surface area (Å²) in [6.07, 6.45) is 0. The number of imide groups is 1. The van der Waals surface area contributed by atoms with E-state index in [0.29, 0.717) is 33.9 Å². The maximum absolute atomic E-state index is 12.6. The largest absolute Gasteiger partial charge is 0.496 e. The fourth-order valence-electron chi connectivity index (χ4n) is 3.80. The molecule has 2 aliphatic rings. The molecule has 2 aliphatic heterocycles. The monoisotopic (exact) mass is 361 g/mol. The molecule has 6 heteroatoms. The second-order valence-electron chi connectivity index (χ2n) is 6.59. The maximum atomic E-state index is 12.6. The third kappa shape index (κ3) is 2.19. The molecule has 3 aromatic rings. The molecular formula is C21H15NO5. The smallest absolute Gasteiger partial charge is 0.259 e. The summed E-state index contributed by atoms with van der Waals surface area (Å²) in [5.41, 5.74) is 3.14. The van der Waals surface area contributed by atoms with Crippen LogP contribution in [0.25, 0.3) is 21.9 Å². The lowest BCUT2D eigenvalue weighted by Gasteiger charge is -2.15. The number of benzene rings is 3. The summed E-state index contributed by atoms with van der Waals surface area (Å²) in [5, 5.41) is 4.02. The second kappa shape index (κ2) is 5.48. The van der Waals surface area contributed by atoms with Gasteiger partial charge in [0, 0.05) is 10.9 Å². The van der Waals surface area contributed by atoms with E-state index in [1.165, 1.54) is 0 Å². The molecule has 6 nitrogen and oxygen atoms in total. The van der Waals surface area contributed by atoms with E-state index in [1.807, 2.05) is 31.2 Å². The molecule has 0 unspecified atom stereocenters. The van der Waals surface area contributed by atoms with Crippen LogP contribution in [0.4, 0.5) is 0 Å². The van der Waals surface area contributed by atoms with E-state index in [4.69, 9.17) is 14.2 Å². The minimum absolute atomic E-state index is 0.161. The number of carbonyl (C=O) groups excluding carboxylic acids is 2. The summed E-state index contributed by atoms with van der Waals surface area (Å²) in [6, 6.07) is 11.1. The standard InChI is InChI=1S/C21H15NO5/c1-10-5-12-7-13-19(21(24)22-20(13)23)18(17(12)16(6-10)25-2)11-3-4-14-15(8-11)27-9-26-14/h3-8H,9H2,1-2H3,(H,22,23,24). The number of fused-ring (bicyclic) bond motifs is 3. The SMILES string of the molecule is COc1cc(C)cc2cc3c(c(-c4ccc5c(c4)OCO5)c12)C(=O)NC3=O. The van der Waals surface area contributed by atoms with Crippen molar-refractivity contribution in [3.05, 3.63) is 53.1 Å². The van der Waals surface area contributed by atoms with Gasteiger partial charge in [-0.2, -0.15) is 0 Å². The number of hydrogen-bond donors (Lipinski definition) is 1. The van der Waals surface area contributed by atoms with Crippen molar-refractivity contribution in [1.29, 1.82) is 0 Å². The van der Waals surface area contributed by atoms with E-state index in [0.717, 1.165) is 21.9 Å². The highest BCUT2D eigenvalue weighted by molar-refractivity contribution is 6.28. The Labute approximate surface area is 154 Å². The van der Waals surface area contributed by atoms with E-state index in [-0.39, 0.29) is 12.7 Å². The molecule has 0 fully saturated rings. The molecule has 2 heterocycles. The number of methoxy groups -OCH3 is 1. The predicted molar refractivity (Wildman–Crippen MR) is 98.6 cm³/mol. The highest BCUT2D eigenvalue weighted by Crippen LogP contribution is 2.44. The number of nitrogens with one attached hydrogen (secondary N) is 1. The van der Waals surface area contributed by atoms with Crippen LogP contribution in [-0.2, 0) is 0 Å². The first-order valence-corrected chi connectivity index (χ1v) is 8.48. The number of rotatable bonds is 2. The van der Waals surface area contributed by atoms with Crippen LogP contribution >= 0.6 is 0 Å². The van der Waals surface area contributed by atoms with Gasteiger partial charge >= 0.3 is 0 Å². The van der Waals surface area contributed by atoms with Crippen LogP contribution < -0.4 is 19.5 Å². The van der Waals surface area contributed by atoms with Gasteiger partial charge in [0.2, 0.25) is 6.79 Å². The van der Waals surface area contributed by atoms with Crippen LogP contribution in [-0.4, -0.2) is 25.7 Å². The Hall–Kier alpha value is -3.54. The third-order valence-electron chi connectivity index (χ3n) is 4.93. The maximum Gasteiger partial charge on any atom is 0.259 e. The van der Waals surface area contributed by atoms with Crippen molar-refractivity contribution in [2.75, 3.05) is 13.9 Å². The number of carbonyl (C=O) groups is 2. The van der Waals surface area contributed by atoms with Gasteiger partial charge in [0.15, 0.2) is 11.5 Å². The number of aryl methyl sites for hydroxylation is 1. The highest BCUT2D eigenvalue weighted by atomic mass is 16.7. The Morgan fingerprint density at radius 3 is 2.59 bits per heavy atom. The van der Waals surface area contributed by atoms with Gasteiger partial charge in [-0.1, -0.05) is 12.1 Å². The summed E-state index contributed by atoms with van der Waals surface area (Å²) in [6.45, 7) is 2.12. The first kappa shape index (κ1) is 15.7. The summed E-state index contributed by atoms with van der Waals surface area (Å²) < 4.78 is 16.5. The molecule has 27 heavy (non-hydrogen) atoms. The van der Waals surface area contributed by atoms with Crippen LogP contribution in [0.2, 0.25) is 0 Å². The molecule has 0 atom stereocenters. The van der Waals surface area contributed by atoms with Gasteiger partial charge in [-0.05, 0) is 47.7 Å². The van der Waals surface area contributed by atoms with Crippen molar-refractivity contribution in [2.24, 2.45) is 0 Å². The third-order valence-corrected chi connectivity index (χ3v) is 4.93. The minimum atomic E-state index is -0.410. The molecule has 0 saturated heterocycles. The van der Waals surface area contributed by atoms with E-state index in [2.05, 4.69) is 5.32 Å². The number of hydrogen-bond acceptors (Lipinski definition) is 5. The van der Waals surface area contributed by atoms with Crippen LogP contribution in [0.15, 0.2) is 36.4 Å². The predicted octanol–water partition coefficient (Wildman–Crippen LogP) is 3.44. The van der Waals surface area contributed by atoms with Gasteiger partial charge in [-0.3, -0.25) is 14.9 Å². The van der Waals surface area contributed by atoms with Gasteiger partial charge in [0.25, 0.3) is 11.8 Å². The van der Waals surface area contributed by atoms with Crippen molar-refractivity contribution >= 4 is 22.6 Å². The molecule has 0 spiro atoms. The van der Waals surface area contributed by atoms with Crippen molar-refractivity contribution in [1.82, 2.24) is 5.32 Å². The number of ether oxygens (including phenoxy) is 3. The van der Waals surface area contributed by atoms with Gasteiger partial charge in [-0.25, -0.2) is 0 Å². The Bertz CT molecular complexity index is 1170. The van der Waals surface area contributed by atoms with Crippen LogP contribution in [0.3, 0.4) is 0 Å². The topological polar surface area (TPSA) is 73.9 Å². The average molecular weight is 361 g/mol. The van der Waals surface area contributed by atoms with Gasteiger partial charge in [0.05, 0.1) is 18.2 Å². The molecule has 5 rings (SSSR count). The Morgan fingerprint density at radius 1 is 0.963 bits per heavy atom. The van der Waals surface area contributed by atoms with Crippen LogP contribution in [0.1, 0.15) is 26.3 Å². The summed E-state index contributed by atoms with van der Waals surface area (Å²) in [7, 11) is 1.59. The van der Waals surface area contributed by atoms with Gasteiger partial charge in [0.1, 0.15) is 5.75 Å². The zero-order valence-electron chi connectivity index (χ0n) is 14.7. The Balaban J connectivity index is 1.93. The van der Waals surface area contributed by atoms with Crippen molar-refractivity contribution in [3.8, 4) is 28.4 Å². The zero-order valence-corrected chi connectivity index (χ0v) is 14.7. The molecule has 0 saturated carbocycles. The average Bonchev–Trinajstić information content (AvgIpc) is 3.23. The summed E-state index contributed by atoms with van der Waals surface area (Å²) in [4.78, 5) is 24.9. The fourth-order valence-corrected chi connectivity index (χ4v) is 3.80. The lowest BCUT2D eigenvalue weighted by atomic mass is 9.89. The molecule has 3 aromatic carbocycles. The van der Waals surface area contributed by atoms with Crippen molar-refractivity contribution in [2.45, 2.75) is 6.92 Å². The van der Waals surface area contributed by atoms with Crippen molar-refractivity contribution in [3.63, 3.8) is 0 Å². The Kier molecular flexibility index (Phi) is 3.18. The second-order valence-corrected chi connectivity index (χ2v) is 6.59. The quantitative estimate of drug-likeness (QED) is 0.708. The Morgan fingerprint density at radius 2 is 1.78 bits per heavy atom. The molecule has 0 aliphatic carbocycles. The highest BCUT2D eigenvalue weighted by Gasteiger charge is 2.33. The van der Waals surface area contributed by atoms with Crippen molar-refractivity contribution < 1.29 is 23.8 Å². The molecule has 0 aromatic heterocycles. The molecular weight excluding hydrogens is 346 g/mol. The molecule has 2 amide bonds. The summed E-state index contributed by atoms with van der Waals surface area (Å²) >= 11 is 0. The molecule has 134 valence electrons. The lowest BCUT2D eigenvalue weighted by molar-refractivity contribution is 0.0880. The van der Waals surface area contributed by atoms with E-state index in [9.17, 15) is 9.59 Å². The van der Waals surface area contributed by atoms with Gasteiger partial charge in [-0.15, -0.1) is 0 Å². The van der Waals surface area contributed by atoms with E-state index in [1.54, 1.807) is 19.2 Å². The first-order valence-electron chi connectivity index (χ1n) is 8.48. The normalized spacial score (nSPS) is 14.4. The zero-order chi connectivity index (χ0) is 18.7. The van der Waals surface area contributed by atoms with Crippen LogP contribution in [0.5, 0.6) is 17.2 Å². The summed E-state index contributed by atoms with van der Waals surface area (Å²) in [5.74, 6) is 1.10. The first-order chi connectivity index (χ1) is 13.1. The van der Waals surface area contributed by atoms with Crippen LogP contribution in [0, 0.1) is 6.92 Å². The molecule has 0 radical (unpaired) electrons.